The van der Waals surface area contributed by atoms with Crippen LogP contribution in [0.5, 0.6) is 0 Å². The van der Waals surface area contributed by atoms with Gasteiger partial charge in [0.05, 0.1) is 13.5 Å². The highest BCUT2D eigenvalue weighted by atomic mass is 16.8. The van der Waals surface area contributed by atoms with Crippen LogP contribution in [0.25, 0.3) is 0 Å². The van der Waals surface area contributed by atoms with E-state index in [1.54, 1.807) is 0 Å². The van der Waals surface area contributed by atoms with Crippen LogP contribution in [0.1, 0.15) is 48.0 Å². The molecule has 0 aromatic carbocycles. The quantitative estimate of drug-likeness (QED) is 0.257. The van der Waals surface area contributed by atoms with Crippen molar-refractivity contribution >= 4 is 41.8 Å². The second-order valence-corrected chi connectivity index (χ2v) is 7.87. The van der Waals surface area contributed by atoms with E-state index in [0.29, 0.717) is 0 Å². The van der Waals surface area contributed by atoms with Crippen LogP contribution in [0.2, 0.25) is 0 Å². The molecule has 1 heterocycles. The molecule has 0 spiro atoms. The highest BCUT2D eigenvalue weighted by Crippen LogP contribution is 2.38. The fourth-order valence-corrected chi connectivity index (χ4v) is 3.62. The van der Waals surface area contributed by atoms with Crippen molar-refractivity contribution in [1.82, 2.24) is 0 Å². The van der Waals surface area contributed by atoms with Gasteiger partial charge in [0.15, 0.2) is 18.3 Å². The van der Waals surface area contributed by atoms with E-state index in [-0.39, 0.29) is 0 Å². The summed E-state index contributed by atoms with van der Waals surface area (Å²) in [4.78, 5) is 83.9. The smallest absolute Gasteiger partial charge is 0.379 e. The van der Waals surface area contributed by atoms with E-state index in [2.05, 4.69) is 0 Å². The Morgan fingerprint density at radius 3 is 1.78 bits per heavy atom. The Kier molecular flexibility index (Phi) is 11.4. The van der Waals surface area contributed by atoms with Gasteiger partial charge in [0, 0.05) is 41.5 Å². The van der Waals surface area contributed by atoms with Gasteiger partial charge in [-0.05, 0) is 0 Å². The second kappa shape index (κ2) is 13.5. The first kappa shape index (κ1) is 31.3. The lowest BCUT2D eigenvalue weighted by Gasteiger charge is -2.47. The van der Waals surface area contributed by atoms with Crippen molar-refractivity contribution in [2.45, 2.75) is 84.3 Å². The van der Waals surface area contributed by atoms with Crippen LogP contribution < -0.4 is 0 Å². The number of carbonyl (C=O) groups excluding carboxylic acids is 7. The fourth-order valence-electron chi connectivity index (χ4n) is 3.62. The first-order chi connectivity index (χ1) is 17.1. The predicted octanol–water partition coefficient (Wildman–Crippen LogP) is -0.502. The number of esters is 7. The number of hydrogen-bond acceptors (Lipinski definition) is 15. The van der Waals surface area contributed by atoms with Gasteiger partial charge in [-0.2, -0.15) is 0 Å². The molecule has 0 saturated carbocycles. The molecule has 0 bridgehead atoms. The molecule has 1 saturated heterocycles. The molecule has 0 aromatic heterocycles. The monoisotopic (exact) mass is 534 g/mol. The normalized spacial score (nSPS) is 24.4. The number of rotatable bonds is 10. The molecule has 6 atom stereocenters. The number of ether oxygens (including phenoxy) is 8. The minimum atomic E-state index is -2.58. The summed E-state index contributed by atoms with van der Waals surface area (Å²) >= 11 is 0. The van der Waals surface area contributed by atoms with Gasteiger partial charge >= 0.3 is 47.6 Å². The van der Waals surface area contributed by atoms with Gasteiger partial charge in [0.25, 0.3) is 0 Å². The van der Waals surface area contributed by atoms with Crippen molar-refractivity contribution in [2.24, 2.45) is 0 Å². The standard InChI is InChI=1S/C22H30O15/c1-10(23)31-9-17(33-12(3)25)19(35-14(5)27)20-18(34-13(4)26)16(32-11(2)24)8-22(37-20,21(29)30-7)36-15(6)28/h16-20H,8-9H2,1-7H3/t16?,17?,18-,19?,20?,22+/m0/s1. The molecule has 37 heavy (non-hydrogen) atoms. The highest BCUT2D eigenvalue weighted by molar-refractivity contribution is 5.82. The molecule has 15 nitrogen and oxygen atoms in total. The maximum Gasteiger partial charge on any atom is 0.379 e. The molecule has 0 radical (unpaired) electrons. The Morgan fingerprint density at radius 1 is 0.784 bits per heavy atom. The molecule has 0 aromatic rings. The van der Waals surface area contributed by atoms with Crippen molar-refractivity contribution in [3.63, 3.8) is 0 Å². The SMILES string of the molecule is COC(=O)[C@@]1(OC(C)=O)CC(OC(C)=O)[C@H](OC(C)=O)C(C(OC(C)=O)C(COC(C)=O)OC(C)=O)O1. The van der Waals surface area contributed by atoms with Crippen LogP contribution in [0.15, 0.2) is 0 Å². The Bertz CT molecular complexity index is 912. The lowest BCUT2D eigenvalue weighted by molar-refractivity contribution is -0.321. The second-order valence-electron chi connectivity index (χ2n) is 7.87. The molecule has 0 amide bonds. The minimum absolute atomic E-state index is 0.670. The third kappa shape index (κ3) is 9.33. The molecule has 1 aliphatic heterocycles. The van der Waals surface area contributed by atoms with E-state index in [1.165, 1.54) is 0 Å². The van der Waals surface area contributed by atoms with Crippen LogP contribution in [0.4, 0.5) is 0 Å². The van der Waals surface area contributed by atoms with Crippen LogP contribution >= 0.6 is 0 Å². The summed E-state index contributed by atoms with van der Waals surface area (Å²) in [5.41, 5.74) is 0. The average molecular weight is 534 g/mol. The maximum atomic E-state index is 12.8. The zero-order valence-corrected chi connectivity index (χ0v) is 21.4. The van der Waals surface area contributed by atoms with Gasteiger partial charge in [-0.1, -0.05) is 0 Å². The van der Waals surface area contributed by atoms with Gasteiger partial charge in [0.1, 0.15) is 18.8 Å². The Balaban J connectivity index is 3.83. The Labute approximate surface area is 211 Å². The van der Waals surface area contributed by atoms with E-state index >= 15 is 0 Å². The molecule has 0 N–H and O–H groups in total. The minimum Gasteiger partial charge on any atom is -0.464 e. The third-order valence-corrected chi connectivity index (χ3v) is 4.67. The molecular formula is C22H30O15. The van der Waals surface area contributed by atoms with Crippen LogP contribution in [0.3, 0.4) is 0 Å². The molecule has 1 fully saturated rings. The zero-order chi connectivity index (χ0) is 28.5. The molecule has 208 valence electrons. The van der Waals surface area contributed by atoms with E-state index in [0.717, 1.165) is 48.7 Å². The van der Waals surface area contributed by atoms with E-state index in [1.807, 2.05) is 0 Å². The number of hydrogen-bond donors (Lipinski definition) is 0. The first-order valence-electron chi connectivity index (χ1n) is 10.9. The summed E-state index contributed by atoms with van der Waals surface area (Å²) < 4.78 is 41.6. The zero-order valence-electron chi connectivity index (χ0n) is 21.4. The third-order valence-electron chi connectivity index (χ3n) is 4.67. The summed E-state index contributed by atoms with van der Waals surface area (Å²) in [6.07, 6.45) is -8.97. The number of methoxy groups -OCH3 is 1. The van der Waals surface area contributed by atoms with Crippen molar-refractivity contribution in [2.75, 3.05) is 13.7 Å². The summed E-state index contributed by atoms with van der Waals surface area (Å²) in [6.45, 7) is 5.37. The first-order valence-corrected chi connectivity index (χ1v) is 10.9. The summed E-state index contributed by atoms with van der Waals surface area (Å²) in [7, 11) is 0.955. The fraction of sp³-hybridized carbons (Fsp3) is 0.682. The molecule has 4 unspecified atom stereocenters. The molecule has 15 heteroatoms. The molecule has 1 rings (SSSR count). The van der Waals surface area contributed by atoms with Gasteiger partial charge in [-0.25, -0.2) is 4.79 Å². The van der Waals surface area contributed by atoms with Crippen LogP contribution in [0, 0.1) is 0 Å². The van der Waals surface area contributed by atoms with Crippen LogP contribution in [-0.4, -0.2) is 91.8 Å². The Hall–Kier alpha value is -3.75. The summed E-state index contributed by atoms with van der Waals surface area (Å²) in [6, 6.07) is 0. The van der Waals surface area contributed by atoms with E-state index in [4.69, 9.17) is 37.9 Å². The maximum absolute atomic E-state index is 12.8. The van der Waals surface area contributed by atoms with Crippen molar-refractivity contribution in [1.29, 1.82) is 0 Å². The summed E-state index contributed by atoms with van der Waals surface area (Å²) in [5, 5.41) is 0. The molecular weight excluding hydrogens is 504 g/mol. The summed E-state index contributed by atoms with van der Waals surface area (Å²) in [5.74, 6) is -9.28. The van der Waals surface area contributed by atoms with Gasteiger partial charge < -0.3 is 37.9 Å². The van der Waals surface area contributed by atoms with E-state index in [9.17, 15) is 33.6 Å². The highest BCUT2D eigenvalue weighted by Gasteiger charge is 2.61. The lowest BCUT2D eigenvalue weighted by atomic mass is 9.89. The Morgan fingerprint density at radius 2 is 1.35 bits per heavy atom. The van der Waals surface area contributed by atoms with Crippen molar-refractivity contribution in [3.05, 3.63) is 0 Å². The van der Waals surface area contributed by atoms with E-state index < -0.39 is 91.1 Å². The average Bonchev–Trinajstić information content (AvgIpc) is 2.74. The largest absolute Gasteiger partial charge is 0.464 e. The topological polar surface area (TPSA) is 193 Å². The van der Waals surface area contributed by atoms with Gasteiger partial charge in [-0.3, -0.25) is 28.8 Å². The van der Waals surface area contributed by atoms with Gasteiger partial charge in [0.2, 0.25) is 0 Å². The lowest BCUT2D eigenvalue weighted by Crippen LogP contribution is -2.66. The van der Waals surface area contributed by atoms with Gasteiger partial charge in [-0.15, -0.1) is 0 Å². The number of carbonyl (C=O) groups is 7. The van der Waals surface area contributed by atoms with Crippen LogP contribution in [-0.2, 0) is 71.5 Å². The van der Waals surface area contributed by atoms with Crippen molar-refractivity contribution in [3.8, 4) is 0 Å². The predicted molar refractivity (Wildman–Crippen MR) is 115 cm³/mol. The molecule has 1 aliphatic rings. The molecule has 0 aliphatic carbocycles. The van der Waals surface area contributed by atoms with Crippen molar-refractivity contribution < 1.29 is 71.5 Å².